The summed E-state index contributed by atoms with van der Waals surface area (Å²) in [5.41, 5.74) is 0.838. The third-order valence-electron chi connectivity index (χ3n) is 3.18. The lowest BCUT2D eigenvalue weighted by atomic mass is 9.93. The fraction of sp³-hybridized carbons (Fsp3) is 0.364. The molecule has 0 saturated heterocycles. The summed E-state index contributed by atoms with van der Waals surface area (Å²) in [7, 11) is 0. The van der Waals surface area contributed by atoms with Crippen molar-refractivity contribution in [3.63, 3.8) is 0 Å². The predicted octanol–water partition coefficient (Wildman–Crippen LogP) is 3.70. The smallest absolute Gasteiger partial charge is 0.178 e. The maximum Gasteiger partial charge on any atom is 0.178 e. The monoisotopic (exact) mass is 240 g/mol. The summed E-state index contributed by atoms with van der Waals surface area (Å²) >= 11 is 5.15. The van der Waals surface area contributed by atoms with Gasteiger partial charge in [-0.2, -0.15) is 0 Å². The Bertz CT molecular complexity index is 610. The van der Waals surface area contributed by atoms with Crippen molar-refractivity contribution in [1.29, 1.82) is 0 Å². The zero-order valence-corrected chi connectivity index (χ0v) is 9.28. The van der Waals surface area contributed by atoms with Crippen molar-refractivity contribution >= 4 is 23.3 Å². The number of nitrogens with one attached hydrogen (secondary N) is 1. The molecule has 16 heavy (non-hydrogen) atoms. The van der Waals surface area contributed by atoms with Gasteiger partial charge in [-0.1, -0.05) is 0 Å². The van der Waals surface area contributed by atoms with E-state index in [-0.39, 0.29) is 0 Å². The topological polar surface area (TPSA) is 20.7 Å². The second kappa shape index (κ2) is 3.38. The molecule has 84 valence electrons. The zero-order chi connectivity index (χ0) is 11.3. The molecule has 2 nitrogen and oxygen atoms in total. The Morgan fingerprint density at radius 2 is 2.06 bits per heavy atom. The number of hydrogen-bond donors (Lipinski definition) is 1. The number of aromatic amines is 1. The molecule has 1 heterocycles. The largest absolute Gasteiger partial charge is 0.328 e. The standard InChI is InChI=1S/C11H10F2N2S/c12-6-4-8(13)10-9(5-6)15(11(16)14-10)7-2-1-3-7/h4-5,7H,1-3H2,(H,14,16). The van der Waals surface area contributed by atoms with Gasteiger partial charge in [0, 0.05) is 12.1 Å². The first-order valence-corrected chi connectivity index (χ1v) is 5.67. The highest BCUT2D eigenvalue weighted by Gasteiger charge is 2.23. The molecule has 0 amide bonds. The van der Waals surface area contributed by atoms with E-state index >= 15 is 0 Å². The molecule has 0 unspecified atom stereocenters. The van der Waals surface area contributed by atoms with Crippen molar-refractivity contribution in [3.8, 4) is 0 Å². The number of H-pyrrole nitrogens is 1. The summed E-state index contributed by atoms with van der Waals surface area (Å²) in [5.74, 6) is -1.15. The number of halogens is 2. The number of aromatic nitrogens is 2. The number of rotatable bonds is 1. The fourth-order valence-electron chi connectivity index (χ4n) is 2.16. The van der Waals surface area contributed by atoms with Crippen molar-refractivity contribution in [2.75, 3.05) is 0 Å². The van der Waals surface area contributed by atoms with Crippen molar-refractivity contribution in [2.24, 2.45) is 0 Å². The van der Waals surface area contributed by atoms with E-state index in [1.54, 1.807) is 0 Å². The summed E-state index contributed by atoms with van der Waals surface area (Å²) in [4.78, 5) is 2.81. The molecular formula is C11H10F2N2S. The average molecular weight is 240 g/mol. The van der Waals surface area contributed by atoms with Crippen LogP contribution in [0.25, 0.3) is 11.0 Å². The summed E-state index contributed by atoms with van der Waals surface area (Å²) in [6.07, 6.45) is 3.20. The molecule has 0 spiro atoms. The van der Waals surface area contributed by atoms with Crippen molar-refractivity contribution in [3.05, 3.63) is 28.5 Å². The summed E-state index contributed by atoms with van der Waals surface area (Å²) in [6, 6.07) is 2.50. The highest BCUT2D eigenvalue weighted by Crippen LogP contribution is 2.35. The van der Waals surface area contributed by atoms with Gasteiger partial charge >= 0.3 is 0 Å². The van der Waals surface area contributed by atoms with Crippen LogP contribution in [0.1, 0.15) is 25.3 Å². The van der Waals surface area contributed by atoms with E-state index in [1.165, 1.54) is 6.07 Å². The lowest BCUT2D eigenvalue weighted by Gasteiger charge is -2.27. The number of hydrogen-bond acceptors (Lipinski definition) is 1. The third-order valence-corrected chi connectivity index (χ3v) is 3.48. The first-order valence-electron chi connectivity index (χ1n) is 5.26. The maximum atomic E-state index is 13.5. The maximum absolute atomic E-state index is 13.5. The molecule has 1 aromatic carbocycles. The molecule has 0 bridgehead atoms. The third kappa shape index (κ3) is 1.31. The molecule has 3 rings (SSSR count). The Hall–Kier alpha value is -1.23. The van der Waals surface area contributed by atoms with E-state index in [2.05, 4.69) is 4.98 Å². The zero-order valence-electron chi connectivity index (χ0n) is 8.46. The fourth-order valence-corrected chi connectivity index (χ4v) is 2.51. The van der Waals surface area contributed by atoms with Crippen LogP contribution in [-0.2, 0) is 0 Å². The minimum Gasteiger partial charge on any atom is -0.328 e. The van der Waals surface area contributed by atoms with Crippen molar-refractivity contribution in [2.45, 2.75) is 25.3 Å². The Morgan fingerprint density at radius 3 is 2.69 bits per heavy atom. The van der Waals surface area contributed by atoms with E-state index in [0.29, 0.717) is 21.8 Å². The van der Waals surface area contributed by atoms with Gasteiger partial charge in [-0.05, 0) is 37.5 Å². The molecule has 1 fully saturated rings. The number of imidazole rings is 1. The number of fused-ring (bicyclic) bond motifs is 1. The van der Waals surface area contributed by atoms with Gasteiger partial charge in [0.05, 0.1) is 5.52 Å². The molecule has 1 N–H and O–H groups in total. The lowest BCUT2D eigenvalue weighted by molar-refractivity contribution is 0.317. The van der Waals surface area contributed by atoms with Gasteiger partial charge in [0.15, 0.2) is 10.6 Å². The van der Waals surface area contributed by atoms with Crippen LogP contribution < -0.4 is 0 Å². The minimum atomic E-state index is -0.584. The van der Waals surface area contributed by atoms with Crippen LogP contribution in [0.15, 0.2) is 12.1 Å². The van der Waals surface area contributed by atoms with E-state index < -0.39 is 11.6 Å². The predicted molar refractivity (Wildman–Crippen MR) is 59.9 cm³/mol. The molecule has 5 heteroatoms. The second-order valence-electron chi connectivity index (χ2n) is 4.17. The lowest BCUT2D eigenvalue weighted by Crippen LogP contribution is -2.16. The second-order valence-corrected chi connectivity index (χ2v) is 4.55. The van der Waals surface area contributed by atoms with Gasteiger partial charge in [0.2, 0.25) is 0 Å². The molecule has 0 aliphatic heterocycles. The van der Waals surface area contributed by atoms with Crippen LogP contribution in [0.4, 0.5) is 8.78 Å². The van der Waals surface area contributed by atoms with Crippen LogP contribution in [-0.4, -0.2) is 9.55 Å². The van der Waals surface area contributed by atoms with E-state index in [1.807, 2.05) is 4.57 Å². The normalized spacial score (nSPS) is 16.6. The summed E-state index contributed by atoms with van der Waals surface area (Å²) in [6.45, 7) is 0. The van der Waals surface area contributed by atoms with Crippen LogP contribution >= 0.6 is 12.2 Å². The molecular weight excluding hydrogens is 230 g/mol. The van der Waals surface area contributed by atoms with Crippen LogP contribution in [0.2, 0.25) is 0 Å². The Balaban J connectivity index is 2.34. The molecule has 0 atom stereocenters. The van der Waals surface area contributed by atoms with Crippen molar-refractivity contribution in [1.82, 2.24) is 9.55 Å². The Kier molecular flexibility index (Phi) is 2.10. The average Bonchev–Trinajstić information content (AvgIpc) is 2.43. The Labute approximate surface area is 95.9 Å². The van der Waals surface area contributed by atoms with Gasteiger partial charge in [0.25, 0.3) is 0 Å². The van der Waals surface area contributed by atoms with Crippen LogP contribution in [0.3, 0.4) is 0 Å². The molecule has 1 aromatic heterocycles. The molecule has 1 aliphatic carbocycles. The highest BCUT2D eigenvalue weighted by molar-refractivity contribution is 7.71. The van der Waals surface area contributed by atoms with Crippen LogP contribution in [0.5, 0.6) is 0 Å². The van der Waals surface area contributed by atoms with Gasteiger partial charge in [0.1, 0.15) is 11.3 Å². The Morgan fingerprint density at radius 1 is 1.31 bits per heavy atom. The molecule has 0 radical (unpaired) electrons. The summed E-state index contributed by atoms with van der Waals surface area (Å²) < 4.78 is 29.0. The van der Waals surface area contributed by atoms with Gasteiger partial charge < -0.3 is 9.55 Å². The summed E-state index contributed by atoms with van der Waals surface area (Å²) in [5, 5.41) is 0. The van der Waals surface area contributed by atoms with Crippen molar-refractivity contribution < 1.29 is 8.78 Å². The van der Waals surface area contributed by atoms with Crippen LogP contribution in [0, 0.1) is 16.4 Å². The number of nitrogens with zero attached hydrogens (tertiary/aromatic N) is 1. The van der Waals surface area contributed by atoms with Gasteiger partial charge in [-0.15, -0.1) is 0 Å². The van der Waals surface area contributed by atoms with Gasteiger partial charge in [-0.3, -0.25) is 0 Å². The van der Waals surface area contributed by atoms with Gasteiger partial charge in [-0.25, -0.2) is 8.78 Å². The van der Waals surface area contributed by atoms with E-state index in [9.17, 15) is 8.78 Å². The highest BCUT2D eigenvalue weighted by atomic mass is 32.1. The minimum absolute atomic E-state index is 0.294. The quantitative estimate of drug-likeness (QED) is 0.754. The molecule has 1 aliphatic rings. The first kappa shape index (κ1) is 9.96. The van der Waals surface area contributed by atoms with E-state index in [4.69, 9.17) is 12.2 Å². The number of benzene rings is 1. The van der Waals surface area contributed by atoms with E-state index in [0.717, 1.165) is 25.3 Å². The SMILES string of the molecule is Fc1cc(F)c2[nH]c(=S)n(C3CCC3)c2c1. The molecule has 2 aromatic rings. The molecule has 1 saturated carbocycles. The first-order chi connectivity index (χ1) is 7.66.